The number of aromatic amines is 1. The number of rotatable bonds is 5. The molecule has 2 aromatic rings. The Morgan fingerprint density at radius 1 is 1.55 bits per heavy atom. The van der Waals surface area contributed by atoms with Crippen molar-refractivity contribution in [3.05, 3.63) is 51.8 Å². The van der Waals surface area contributed by atoms with Crippen molar-refractivity contribution in [1.29, 1.82) is 0 Å². The SMILES string of the molecule is Cc1[nH]ncc1CNC(C)(C(=O)O)c1cccc(Br)c1. The molecule has 0 aliphatic carbocycles. The highest BCUT2D eigenvalue weighted by molar-refractivity contribution is 9.10. The quantitative estimate of drug-likeness (QED) is 0.783. The summed E-state index contributed by atoms with van der Waals surface area (Å²) in [5.41, 5.74) is 1.42. The fraction of sp³-hybridized carbons (Fsp3) is 0.286. The van der Waals surface area contributed by atoms with Crippen molar-refractivity contribution in [2.75, 3.05) is 0 Å². The van der Waals surface area contributed by atoms with Crippen LogP contribution in [0.5, 0.6) is 0 Å². The van der Waals surface area contributed by atoms with Crippen LogP contribution < -0.4 is 5.32 Å². The number of aryl methyl sites for hydroxylation is 1. The molecule has 1 aromatic carbocycles. The number of aromatic nitrogens is 2. The molecule has 1 unspecified atom stereocenters. The first kappa shape index (κ1) is 14.7. The van der Waals surface area contributed by atoms with Crippen LogP contribution in [0.25, 0.3) is 0 Å². The van der Waals surface area contributed by atoms with Gasteiger partial charge >= 0.3 is 5.97 Å². The lowest BCUT2D eigenvalue weighted by molar-refractivity contribution is -0.144. The maximum absolute atomic E-state index is 11.7. The summed E-state index contributed by atoms with van der Waals surface area (Å²) < 4.78 is 0.851. The molecule has 6 heteroatoms. The smallest absolute Gasteiger partial charge is 0.328 e. The van der Waals surface area contributed by atoms with Gasteiger partial charge in [0.15, 0.2) is 0 Å². The Balaban J connectivity index is 2.26. The minimum absolute atomic E-state index is 0.428. The highest BCUT2D eigenvalue weighted by Gasteiger charge is 2.34. The standard InChI is InChI=1S/C14H16BrN3O2/c1-9-10(8-17-18-9)7-16-14(2,13(19)20)11-4-3-5-12(15)6-11/h3-6,8,16H,7H2,1-2H3,(H,17,18)(H,19,20). The molecule has 20 heavy (non-hydrogen) atoms. The lowest BCUT2D eigenvalue weighted by Crippen LogP contribution is -2.46. The maximum atomic E-state index is 11.7. The largest absolute Gasteiger partial charge is 0.480 e. The zero-order chi connectivity index (χ0) is 14.8. The first-order chi connectivity index (χ1) is 9.43. The van der Waals surface area contributed by atoms with Crippen LogP contribution in [0.2, 0.25) is 0 Å². The Morgan fingerprint density at radius 3 is 2.85 bits per heavy atom. The average Bonchev–Trinajstić information content (AvgIpc) is 2.81. The number of carbonyl (C=O) groups is 1. The van der Waals surface area contributed by atoms with E-state index in [4.69, 9.17) is 0 Å². The number of nitrogens with zero attached hydrogens (tertiary/aromatic N) is 1. The first-order valence-electron chi connectivity index (χ1n) is 6.17. The second-order valence-electron chi connectivity index (χ2n) is 4.81. The van der Waals surface area contributed by atoms with Crippen LogP contribution >= 0.6 is 15.9 Å². The summed E-state index contributed by atoms with van der Waals surface area (Å²) in [5, 5.41) is 19.4. The van der Waals surface area contributed by atoms with E-state index in [-0.39, 0.29) is 0 Å². The third kappa shape index (κ3) is 2.91. The molecule has 1 atom stereocenters. The van der Waals surface area contributed by atoms with Crippen molar-refractivity contribution in [1.82, 2.24) is 15.5 Å². The number of hydrogen-bond donors (Lipinski definition) is 3. The van der Waals surface area contributed by atoms with Gasteiger partial charge < -0.3 is 5.11 Å². The van der Waals surface area contributed by atoms with Crippen molar-refractivity contribution >= 4 is 21.9 Å². The molecule has 0 aliphatic heterocycles. The van der Waals surface area contributed by atoms with E-state index < -0.39 is 11.5 Å². The van der Waals surface area contributed by atoms with E-state index in [0.717, 1.165) is 15.7 Å². The van der Waals surface area contributed by atoms with E-state index in [9.17, 15) is 9.90 Å². The van der Waals surface area contributed by atoms with Gasteiger partial charge in [0.1, 0.15) is 5.54 Å². The number of carboxylic acid groups (broad SMARTS) is 1. The molecule has 1 heterocycles. The van der Waals surface area contributed by atoms with Gasteiger partial charge in [-0.05, 0) is 31.5 Å². The Bertz CT molecular complexity index is 626. The highest BCUT2D eigenvalue weighted by Crippen LogP contribution is 2.25. The summed E-state index contributed by atoms with van der Waals surface area (Å²) in [5.74, 6) is -0.920. The third-order valence-electron chi connectivity index (χ3n) is 3.40. The minimum atomic E-state index is -1.16. The van der Waals surface area contributed by atoms with Gasteiger partial charge in [-0.15, -0.1) is 0 Å². The van der Waals surface area contributed by atoms with Crippen molar-refractivity contribution < 1.29 is 9.90 Å². The van der Waals surface area contributed by atoms with Gasteiger partial charge in [-0.25, -0.2) is 4.79 Å². The Labute approximate surface area is 125 Å². The molecule has 0 spiro atoms. The molecule has 1 aromatic heterocycles. The molecular formula is C14H16BrN3O2. The number of nitrogens with one attached hydrogen (secondary N) is 2. The summed E-state index contributed by atoms with van der Waals surface area (Å²) in [4.78, 5) is 11.7. The molecule has 3 N–H and O–H groups in total. The summed E-state index contributed by atoms with van der Waals surface area (Å²) in [6.07, 6.45) is 1.70. The maximum Gasteiger partial charge on any atom is 0.328 e. The zero-order valence-corrected chi connectivity index (χ0v) is 12.9. The fourth-order valence-electron chi connectivity index (χ4n) is 1.93. The van der Waals surface area contributed by atoms with E-state index in [1.807, 2.05) is 25.1 Å². The van der Waals surface area contributed by atoms with Crippen LogP contribution in [0.4, 0.5) is 0 Å². The Hall–Kier alpha value is -1.66. The number of aliphatic carboxylic acids is 1. The summed E-state index contributed by atoms with van der Waals surface area (Å²) in [6, 6.07) is 7.30. The molecule has 5 nitrogen and oxygen atoms in total. The third-order valence-corrected chi connectivity index (χ3v) is 3.89. The van der Waals surface area contributed by atoms with Crippen LogP contribution in [0.1, 0.15) is 23.7 Å². The van der Waals surface area contributed by atoms with E-state index in [0.29, 0.717) is 12.1 Å². The van der Waals surface area contributed by atoms with E-state index >= 15 is 0 Å². The fourth-order valence-corrected chi connectivity index (χ4v) is 2.33. The van der Waals surface area contributed by atoms with Crippen LogP contribution in [0.3, 0.4) is 0 Å². The van der Waals surface area contributed by atoms with E-state index in [1.165, 1.54) is 0 Å². The number of carboxylic acids is 1. The topological polar surface area (TPSA) is 78.0 Å². The number of halogens is 1. The van der Waals surface area contributed by atoms with Crippen molar-refractivity contribution in [3.8, 4) is 0 Å². The van der Waals surface area contributed by atoms with Crippen molar-refractivity contribution in [2.45, 2.75) is 25.9 Å². The van der Waals surface area contributed by atoms with Crippen LogP contribution in [0.15, 0.2) is 34.9 Å². The molecule has 0 saturated heterocycles. The second-order valence-corrected chi connectivity index (χ2v) is 5.73. The second kappa shape index (κ2) is 5.76. The van der Waals surface area contributed by atoms with E-state index in [2.05, 4.69) is 31.4 Å². The summed E-state index contributed by atoms with van der Waals surface area (Å²) in [6.45, 7) is 3.99. The van der Waals surface area contributed by atoms with Gasteiger partial charge in [0.05, 0.1) is 6.20 Å². The monoisotopic (exact) mass is 337 g/mol. The van der Waals surface area contributed by atoms with Crippen molar-refractivity contribution in [2.24, 2.45) is 0 Å². The Morgan fingerprint density at radius 2 is 2.30 bits per heavy atom. The van der Waals surface area contributed by atoms with Gasteiger partial charge in [0.2, 0.25) is 0 Å². The molecule has 0 amide bonds. The van der Waals surface area contributed by atoms with E-state index in [1.54, 1.807) is 19.2 Å². The predicted molar refractivity (Wildman–Crippen MR) is 79.3 cm³/mol. The van der Waals surface area contributed by atoms with Crippen molar-refractivity contribution in [3.63, 3.8) is 0 Å². The number of benzene rings is 1. The molecule has 0 fully saturated rings. The molecule has 106 valence electrons. The molecule has 0 saturated carbocycles. The van der Waals surface area contributed by atoms with Crippen LogP contribution in [0, 0.1) is 6.92 Å². The average molecular weight is 338 g/mol. The van der Waals surface area contributed by atoms with Gasteiger partial charge in [0.25, 0.3) is 0 Å². The molecule has 0 aliphatic rings. The highest BCUT2D eigenvalue weighted by atomic mass is 79.9. The number of hydrogen-bond acceptors (Lipinski definition) is 3. The van der Waals surface area contributed by atoms with Gasteiger partial charge in [-0.3, -0.25) is 10.4 Å². The van der Waals surface area contributed by atoms with Gasteiger partial charge in [-0.2, -0.15) is 5.10 Å². The zero-order valence-electron chi connectivity index (χ0n) is 11.3. The lowest BCUT2D eigenvalue weighted by atomic mass is 9.92. The van der Waals surface area contributed by atoms with Gasteiger partial charge in [-0.1, -0.05) is 28.1 Å². The first-order valence-corrected chi connectivity index (χ1v) is 6.96. The number of H-pyrrole nitrogens is 1. The van der Waals surface area contributed by atoms with Crippen LogP contribution in [-0.4, -0.2) is 21.3 Å². The predicted octanol–water partition coefficient (Wildman–Crippen LogP) is 2.57. The molecule has 0 radical (unpaired) electrons. The molecular weight excluding hydrogens is 322 g/mol. The molecule has 0 bridgehead atoms. The lowest BCUT2D eigenvalue weighted by Gasteiger charge is -2.27. The minimum Gasteiger partial charge on any atom is -0.480 e. The van der Waals surface area contributed by atoms with Gasteiger partial charge in [0, 0.05) is 22.3 Å². The Kier molecular flexibility index (Phi) is 4.25. The molecule has 2 rings (SSSR count). The summed E-state index contributed by atoms with van der Waals surface area (Å²) >= 11 is 3.37. The van der Waals surface area contributed by atoms with Crippen LogP contribution in [-0.2, 0) is 16.9 Å². The summed E-state index contributed by atoms with van der Waals surface area (Å²) in [7, 11) is 0. The normalized spacial score (nSPS) is 13.9.